The van der Waals surface area contributed by atoms with Crippen LogP contribution < -0.4 is 14.8 Å². The summed E-state index contributed by atoms with van der Waals surface area (Å²) in [5.74, 6) is 1.43. The van der Waals surface area contributed by atoms with Gasteiger partial charge < -0.3 is 19.5 Å². The van der Waals surface area contributed by atoms with Crippen molar-refractivity contribution in [2.24, 2.45) is 0 Å². The Kier molecular flexibility index (Phi) is 9.87. The molecule has 0 saturated heterocycles. The van der Waals surface area contributed by atoms with Crippen LogP contribution in [0.15, 0.2) is 18.2 Å². The van der Waals surface area contributed by atoms with Gasteiger partial charge in [-0.05, 0) is 43.5 Å². The molecule has 130 valence electrons. The molecule has 1 rings (SSSR count). The van der Waals surface area contributed by atoms with E-state index in [1.54, 1.807) is 0 Å². The molecule has 0 atom stereocenters. The SMILES string of the molecule is CCCOc1ccc(CCNCCC(=O)OC)cc1OCCC. The highest BCUT2D eigenvalue weighted by atomic mass is 16.5. The van der Waals surface area contributed by atoms with Crippen molar-refractivity contribution in [3.63, 3.8) is 0 Å². The second-order valence-corrected chi connectivity index (χ2v) is 5.30. The molecule has 0 bridgehead atoms. The van der Waals surface area contributed by atoms with E-state index in [4.69, 9.17) is 9.47 Å². The third kappa shape index (κ3) is 7.88. The summed E-state index contributed by atoms with van der Waals surface area (Å²) in [6, 6.07) is 6.08. The molecule has 0 spiro atoms. The van der Waals surface area contributed by atoms with Gasteiger partial charge in [0.05, 0.1) is 26.7 Å². The van der Waals surface area contributed by atoms with Crippen LogP contribution in [-0.2, 0) is 16.0 Å². The van der Waals surface area contributed by atoms with Crippen LogP contribution in [0.25, 0.3) is 0 Å². The number of carbonyl (C=O) groups is 1. The molecule has 5 nitrogen and oxygen atoms in total. The molecule has 1 N–H and O–H groups in total. The van der Waals surface area contributed by atoms with Gasteiger partial charge in [-0.25, -0.2) is 0 Å². The maximum atomic E-state index is 11.0. The number of benzene rings is 1. The van der Waals surface area contributed by atoms with Gasteiger partial charge in [0.25, 0.3) is 0 Å². The van der Waals surface area contributed by atoms with Crippen molar-refractivity contribution in [2.45, 2.75) is 39.5 Å². The van der Waals surface area contributed by atoms with Crippen LogP contribution >= 0.6 is 0 Å². The molecule has 0 amide bonds. The molecule has 0 saturated carbocycles. The predicted molar refractivity (Wildman–Crippen MR) is 91.2 cm³/mol. The molecule has 0 aliphatic carbocycles. The van der Waals surface area contributed by atoms with Crippen LogP contribution in [0.5, 0.6) is 11.5 Å². The number of nitrogens with one attached hydrogen (secondary N) is 1. The Balaban J connectivity index is 2.49. The highest BCUT2D eigenvalue weighted by Crippen LogP contribution is 2.29. The lowest BCUT2D eigenvalue weighted by Crippen LogP contribution is -2.21. The smallest absolute Gasteiger partial charge is 0.306 e. The summed E-state index contributed by atoms with van der Waals surface area (Å²) in [6.45, 7) is 6.98. The van der Waals surface area contributed by atoms with E-state index in [2.05, 4.69) is 30.0 Å². The van der Waals surface area contributed by atoms with Crippen LogP contribution in [0.4, 0.5) is 0 Å². The maximum absolute atomic E-state index is 11.0. The average molecular weight is 323 g/mol. The van der Waals surface area contributed by atoms with Crippen molar-refractivity contribution in [3.05, 3.63) is 23.8 Å². The van der Waals surface area contributed by atoms with Crippen molar-refractivity contribution < 1.29 is 19.0 Å². The molecular weight excluding hydrogens is 294 g/mol. The summed E-state index contributed by atoms with van der Waals surface area (Å²) < 4.78 is 16.1. The van der Waals surface area contributed by atoms with Crippen molar-refractivity contribution in [1.29, 1.82) is 0 Å². The quantitative estimate of drug-likeness (QED) is 0.473. The standard InChI is InChI=1S/C18H29NO4/c1-4-12-22-16-7-6-15(14-17(16)23-13-5-2)8-10-19-11-9-18(20)21-3/h6-7,14,19H,4-5,8-13H2,1-3H3. The maximum Gasteiger partial charge on any atom is 0.306 e. The zero-order chi connectivity index (χ0) is 16.9. The van der Waals surface area contributed by atoms with Crippen molar-refractivity contribution in [1.82, 2.24) is 5.32 Å². The summed E-state index contributed by atoms with van der Waals surface area (Å²) in [6.07, 6.45) is 3.20. The van der Waals surface area contributed by atoms with Crippen LogP contribution in [-0.4, -0.2) is 39.4 Å². The number of carbonyl (C=O) groups excluding carboxylic acids is 1. The first-order chi connectivity index (χ1) is 11.2. The normalized spacial score (nSPS) is 10.4. The van der Waals surface area contributed by atoms with E-state index >= 15 is 0 Å². The lowest BCUT2D eigenvalue weighted by Gasteiger charge is -2.13. The van der Waals surface area contributed by atoms with E-state index in [0.717, 1.165) is 37.3 Å². The van der Waals surface area contributed by atoms with E-state index in [1.165, 1.54) is 12.7 Å². The van der Waals surface area contributed by atoms with Gasteiger partial charge in [0.1, 0.15) is 0 Å². The second-order valence-electron chi connectivity index (χ2n) is 5.30. The Bertz CT molecular complexity index is 462. The number of rotatable bonds is 12. The summed E-state index contributed by atoms with van der Waals surface area (Å²) in [7, 11) is 1.41. The van der Waals surface area contributed by atoms with Gasteiger partial charge in [-0.1, -0.05) is 19.9 Å². The molecule has 0 aliphatic heterocycles. The molecule has 5 heteroatoms. The van der Waals surface area contributed by atoms with Crippen molar-refractivity contribution in [2.75, 3.05) is 33.4 Å². The summed E-state index contributed by atoms with van der Waals surface area (Å²) in [4.78, 5) is 11.0. The Morgan fingerprint density at radius 3 is 2.39 bits per heavy atom. The zero-order valence-electron chi connectivity index (χ0n) is 14.5. The van der Waals surface area contributed by atoms with E-state index in [9.17, 15) is 4.79 Å². The van der Waals surface area contributed by atoms with Gasteiger partial charge in [-0.15, -0.1) is 0 Å². The predicted octanol–water partition coefficient (Wildman–Crippen LogP) is 2.96. The number of hydrogen-bond acceptors (Lipinski definition) is 5. The number of esters is 1. The minimum atomic E-state index is -0.190. The van der Waals surface area contributed by atoms with Gasteiger partial charge >= 0.3 is 5.97 Å². The molecule has 23 heavy (non-hydrogen) atoms. The third-order valence-electron chi connectivity index (χ3n) is 3.26. The Hall–Kier alpha value is -1.75. The van der Waals surface area contributed by atoms with Gasteiger partial charge in [-0.2, -0.15) is 0 Å². The fraction of sp³-hybridized carbons (Fsp3) is 0.611. The average Bonchev–Trinajstić information content (AvgIpc) is 2.58. The second kappa shape index (κ2) is 11.8. The molecule has 1 aromatic rings. The van der Waals surface area contributed by atoms with Crippen LogP contribution in [0.3, 0.4) is 0 Å². The highest BCUT2D eigenvalue weighted by molar-refractivity contribution is 5.69. The fourth-order valence-corrected chi connectivity index (χ4v) is 2.01. The van der Waals surface area contributed by atoms with Crippen LogP contribution in [0.1, 0.15) is 38.7 Å². The van der Waals surface area contributed by atoms with Gasteiger partial charge in [0, 0.05) is 6.54 Å². The van der Waals surface area contributed by atoms with Crippen molar-refractivity contribution >= 4 is 5.97 Å². The first-order valence-electron chi connectivity index (χ1n) is 8.37. The van der Waals surface area contributed by atoms with E-state index in [1.807, 2.05) is 12.1 Å². The number of ether oxygens (including phenoxy) is 3. The third-order valence-corrected chi connectivity index (χ3v) is 3.26. The molecule has 0 heterocycles. The van der Waals surface area contributed by atoms with Gasteiger partial charge in [0.15, 0.2) is 11.5 Å². The Morgan fingerprint density at radius 1 is 1.04 bits per heavy atom. The lowest BCUT2D eigenvalue weighted by atomic mass is 10.1. The molecule has 0 fully saturated rings. The fourth-order valence-electron chi connectivity index (χ4n) is 2.01. The summed E-state index contributed by atoms with van der Waals surface area (Å²) in [5, 5.41) is 3.24. The highest BCUT2D eigenvalue weighted by Gasteiger charge is 2.07. The summed E-state index contributed by atoms with van der Waals surface area (Å²) >= 11 is 0. The van der Waals surface area contributed by atoms with Crippen molar-refractivity contribution in [3.8, 4) is 11.5 Å². The van der Waals surface area contributed by atoms with Gasteiger partial charge in [0.2, 0.25) is 0 Å². The minimum Gasteiger partial charge on any atom is -0.490 e. The first-order valence-corrected chi connectivity index (χ1v) is 8.37. The number of methoxy groups -OCH3 is 1. The minimum absolute atomic E-state index is 0.190. The van der Waals surface area contributed by atoms with E-state index in [-0.39, 0.29) is 5.97 Å². The molecule has 1 aromatic carbocycles. The molecular formula is C18H29NO4. The summed E-state index contributed by atoms with van der Waals surface area (Å²) in [5.41, 5.74) is 1.19. The Labute approximate surface area is 139 Å². The largest absolute Gasteiger partial charge is 0.490 e. The van der Waals surface area contributed by atoms with Gasteiger partial charge in [-0.3, -0.25) is 4.79 Å². The van der Waals surface area contributed by atoms with Crippen LogP contribution in [0, 0.1) is 0 Å². The molecule has 0 unspecified atom stereocenters. The topological polar surface area (TPSA) is 56.8 Å². The molecule has 0 radical (unpaired) electrons. The van der Waals surface area contributed by atoms with Crippen LogP contribution in [0.2, 0.25) is 0 Å². The molecule has 0 aromatic heterocycles. The van der Waals surface area contributed by atoms with E-state index in [0.29, 0.717) is 26.2 Å². The van der Waals surface area contributed by atoms with E-state index < -0.39 is 0 Å². The lowest BCUT2D eigenvalue weighted by molar-refractivity contribution is -0.140. The monoisotopic (exact) mass is 323 g/mol. The first kappa shape index (κ1) is 19.3. The number of hydrogen-bond donors (Lipinski definition) is 1. The zero-order valence-corrected chi connectivity index (χ0v) is 14.5. The Morgan fingerprint density at radius 2 is 1.74 bits per heavy atom. The molecule has 0 aliphatic rings.